The molecule has 6 heteroatoms. The van der Waals surface area contributed by atoms with Crippen LogP contribution in [0.4, 0.5) is 0 Å². The van der Waals surface area contributed by atoms with E-state index >= 15 is 0 Å². The van der Waals surface area contributed by atoms with E-state index in [1.165, 1.54) is 14.2 Å². The van der Waals surface area contributed by atoms with E-state index in [1.807, 2.05) is 0 Å². The number of methoxy groups -OCH3 is 2. The van der Waals surface area contributed by atoms with E-state index in [9.17, 15) is 9.59 Å². The molecule has 106 valence electrons. The Morgan fingerprint density at radius 1 is 1.15 bits per heavy atom. The van der Waals surface area contributed by atoms with Gasteiger partial charge in [0.1, 0.15) is 0 Å². The van der Waals surface area contributed by atoms with Crippen LogP contribution in [-0.4, -0.2) is 44.1 Å². The third-order valence-electron chi connectivity index (χ3n) is 2.69. The molecule has 0 aromatic heterocycles. The van der Waals surface area contributed by atoms with Crippen molar-refractivity contribution in [3.05, 3.63) is 35.4 Å². The highest BCUT2D eigenvalue weighted by molar-refractivity contribution is 5.74. The number of carbonyl (C=O) groups is 2. The van der Waals surface area contributed by atoms with Gasteiger partial charge in [-0.15, -0.1) is 0 Å². The predicted octanol–water partition coefficient (Wildman–Crippen LogP) is 0.706. The lowest BCUT2D eigenvalue weighted by Crippen LogP contribution is -2.35. The number of nitrogens with zero attached hydrogens (tertiary/aromatic N) is 2. The molecule has 0 aliphatic heterocycles. The second-order valence-electron chi connectivity index (χ2n) is 4.07. The largest absolute Gasteiger partial charge is 0.468 e. The van der Waals surface area contributed by atoms with Gasteiger partial charge in [-0.2, -0.15) is 5.26 Å². The summed E-state index contributed by atoms with van der Waals surface area (Å²) >= 11 is 0. The number of rotatable bonds is 6. The topological polar surface area (TPSA) is 79.6 Å². The van der Waals surface area contributed by atoms with E-state index in [-0.39, 0.29) is 19.6 Å². The number of benzene rings is 1. The van der Waals surface area contributed by atoms with E-state index < -0.39 is 11.9 Å². The number of hydrogen-bond donors (Lipinski definition) is 0. The van der Waals surface area contributed by atoms with Crippen LogP contribution in [0.1, 0.15) is 11.1 Å². The molecule has 0 radical (unpaired) electrons. The molecule has 0 fully saturated rings. The molecule has 0 spiro atoms. The smallest absolute Gasteiger partial charge is 0.319 e. The lowest BCUT2D eigenvalue weighted by Gasteiger charge is -2.20. The summed E-state index contributed by atoms with van der Waals surface area (Å²) in [5.74, 6) is -0.910. The average molecular weight is 276 g/mol. The second-order valence-corrected chi connectivity index (χ2v) is 4.07. The third-order valence-corrected chi connectivity index (χ3v) is 2.69. The third kappa shape index (κ3) is 4.71. The molecule has 1 aromatic rings. The van der Waals surface area contributed by atoms with Crippen molar-refractivity contribution in [1.82, 2.24) is 4.90 Å². The van der Waals surface area contributed by atoms with Gasteiger partial charge in [0, 0.05) is 6.54 Å². The molecule has 0 amide bonds. The van der Waals surface area contributed by atoms with Crippen molar-refractivity contribution in [3.63, 3.8) is 0 Å². The molecule has 0 atom stereocenters. The Kier molecular flexibility index (Phi) is 6.20. The fourth-order valence-electron chi connectivity index (χ4n) is 1.67. The van der Waals surface area contributed by atoms with Gasteiger partial charge >= 0.3 is 11.9 Å². The van der Waals surface area contributed by atoms with Gasteiger partial charge in [-0.25, -0.2) is 0 Å². The minimum absolute atomic E-state index is 0.0502. The highest BCUT2D eigenvalue weighted by Gasteiger charge is 2.17. The van der Waals surface area contributed by atoms with Crippen molar-refractivity contribution in [2.45, 2.75) is 6.54 Å². The van der Waals surface area contributed by atoms with Gasteiger partial charge < -0.3 is 9.47 Å². The van der Waals surface area contributed by atoms with Crippen LogP contribution in [0, 0.1) is 11.3 Å². The van der Waals surface area contributed by atoms with E-state index in [0.717, 1.165) is 5.56 Å². The van der Waals surface area contributed by atoms with Crippen molar-refractivity contribution in [2.75, 3.05) is 27.3 Å². The molecule has 1 aromatic carbocycles. The maximum absolute atomic E-state index is 11.4. The molecule has 0 bridgehead atoms. The monoisotopic (exact) mass is 276 g/mol. The molecule has 0 saturated heterocycles. The van der Waals surface area contributed by atoms with E-state index in [0.29, 0.717) is 5.56 Å². The fourth-order valence-corrected chi connectivity index (χ4v) is 1.67. The van der Waals surface area contributed by atoms with Gasteiger partial charge in [-0.05, 0) is 11.6 Å². The zero-order valence-electron chi connectivity index (χ0n) is 11.5. The Balaban J connectivity index is 2.85. The number of esters is 2. The summed E-state index contributed by atoms with van der Waals surface area (Å²) in [6.45, 7) is 0.185. The van der Waals surface area contributed by atoms with Crippen LogP contribution in [0.2, 0.25) is 0 Å². The Morgan fingerprint density at radius 3 is 2.20 bits per heavy atom. The van der Waals surface area contributed by atoms with Crippen LogP contribution in [0.25, 0.3) is 0 Å². The van der Waals surface area contributed by atoms with E-state index in [1.54, 1.807) is 29.2 Å². The second kappa shape index (κ2) is 7.92. The molecule has 0 saturated carbocycles. The Hall–Kier alpha value is -2.39. The molecule has 0 aliphatic rings. The number of carbonyl (C=O) groups excluding carboxylic acids is 2. The molecular weight excluding hydrogens is 260 g/mol. The van der Waals surface area contributed by atoms with Crippen LogP contribution in [0.3, 0.4) is 0 Å². The predicted molar refractivity (Wildman–Crippen MR) is 70.5 cm³/mol. The van der Waals surface area contributed by atoms with Crippen molar-refractivity contribution in [3.8, 4) is 6.07 Å². The molecule has 0 aliphatic carbocycles. The zero-order chi connectivity index (χ0) is 15.0. The first kappa shape index (κ1) is 15.7. The van der Waals surface area contributed by atoms with Crippen LogP contribution in [0.5, 0.6) is 0 Å². The Bertz CT molecular complexity index is 504. The van der Waals surface area contributed by atoms with Crippen LogP contribution < -0.4 is 0 Å². The molecule has 20 heavy (non-hydrogen) atoms. The summed E-state index contributed by atoms with van der Waals surface area (Å²) in [5.41, 5.74) is 1.25. The van der Waals surface area contributed by atoms with E-state index in [2.05, 4.69) is 15.5 Å². The van der Waals surface area contributed by atoms with Crippen molar-refractivity contribution in [1.29, 1.82) is 5.26 Å². The van der Waals surface area contributed by atoms with Gasteiger partial charge in [0.15, 0.2) is 0 Å². The fraction of sp³-hybridized carbons (Fsp3) is 0.357. The van der Waals surface area contributed by atoms with Crippen LogP contribution in [0.15, 0.2) is 24.3 Å². The first-order chi connectivity index (χ1) is 9.60. The van der Waals surface area contributed by atoms with Gasteiger partial charge in [-0.1, -0.05) is 18.2 Å². The maximum Gasteiger partial charge on any atom is 0.319 e. The number of ether oxygens (including phenoxy) is 2. The lowest BCUT2D eigenvalue weighted by atomic mass is 10.1. The zero-order valence-corrected chi connectivity index (χ0v) is 11.5. The summed E-state index contributed by atoms with van der Waals surface area (Å²) < 4.78 is 9.18. The maximum atomic E-state index is 11.4. The number of nitriles is 1. The van der Waals surface area contributed by atoms with Gasteiger partial charge in [-0.3, -0.25) is 14.5 Å². The minimum Gasteiger partial charge on any atom is -0.468 e. The van der Waals surface area contributed by atoms with Crippen molar-refractivity contribution < 1.29 is 19.1 Å². The van der Waals surface area contributed by atoms with E-state index in [4.69, 9.17) is 5.26 Å². The van der Waals surface area contributed by atoms with Gasteiger partial charge in [0.05, 0.1) is 38.9 Å². The van der Waals surface area contributed by atoms with Crippen molar-refractivity contribution >= 4 is 11.9 Å². The molecular formula is C14H16N2O4. The summed E-state index contributed by atoms with van der Waals surface area (Å²) in [4.78, 5) is 24.3. The van der Waals surface area contributed by atoms with Crippen LogP contribution >= 0.6 is 0 Å². The highest BCUT2D eigenvalue weighted by Crippen LogP contribution is 2.10. The molecule has 1 rings (SSSR count). The quantitative estimate of drug-likeness (QED) is 0.712. The molecule has 0 heterocycles. The summed E-state index contributed by atoms with van der Waals surface area (Å²) in [6.07, 6.45) is 0. The normalized spacial score (nSPS) is 9.90. The Labute approximate surface area is 117 Å². The average Bonchev–Trinajstić information content (AvgIpc) is 2.47. The summed E-state index contributed by atoms with van der Waals surface area (Å²) in [6, 6.07) is 9.09. The first-order valence-electron chi connectivity index (χ1n) is 5.94. The molecule has 0 N–H and O–H groups in total. The summed E-state index contributed by atoms with van der Waals surface area (Å²) in [7, 11) is 2.56. The van der Waals surface area contributed by atoms with Crippen molar-refractivity contribution in [2.24, 2.45) is 0 Å². The molecule has 6 nitrogen and oxygen atoms in total. The first-order valence-corrected chi connectivity index (χ1v) is 5.94. The van der Waals surface area contributed by atoms with Crippen LogP contribution in [-0.2, 0) is 25.6 Å². The summed E-state index contributed by atoms with van der Waals surface area (Å²) in [5, 5.41) is 9.04. The number of hydrogen-bond acceptors (Lipinski definition) is 6. The molecule has 0 unspecified atom stereocenters. The SMILES string of the molecule is COC(=O)CN(CC(=O)OC)Cc1ccccc1C#N. The Morgan fingerprint density at radius 2 is 1.70 bits per heavy atom. The van der Waals surface area contributed by atoms with Gasteiger partial charge in [0.2, 0.25) is 0 Å². The van der Waals surface area contributed by atoms with Gasteiger partial charge in [0.25, 0.3) is 0 Å². The lowest BCUT2D eigenvalue weighted by molar-refractivity contribution is -0.145. The standard InChI is InChI=1S/C14H16N2O4/c1-19-13(17)9-16(10-14(18)20-2)8-12-6-4-3-5-11(12)7-15/h3-6H,8-10H2,1-2H3. The highest BCUT2D eigenvalue weighted by atomic mass is 16.5. The minimum atomic E-state index is -0.455.